The van der Waals surface area contributed by atoms with Crippen molar-refractivity contribution in [1.82, 2.24) is 5.32 Å². The van der Waals surface area contributed by atoms with Crippen molar-refractivity contribution < 1.29 is 9.72 Å². The first kappa shape index (κ1) is 14.8. The fourth-order valence-electron chi connectivity index (χ4n) is 2.62. The molecule has 0 bridgehead atoms. The molecule has 0 radical (unpaired) electrons. The lowest BCUT2D eigenvalue weighted by atomic mass is 10.0. The van der Waals surface area contributed by atoms with E-state index in [0.29, 0.717) is 5.02 Å². The molecule has 5 nitrogen and oxygen atoms in total. The third-order valence-electron chi connectivity index (χ3n) is 4.70. The first-order valence-electron chi connectivity index (χ1n) is 6.34. The minimum absolute atomic E-state index is 0.000926. The number of nitrogens with zero attached hydrogens (tertiary/aromatic N) is 1. The number of nitro groups is 1. The van der Waals surface area contributed by atoms with E-state index >= 15 is 0 Å². The highest BCUT2D eigenvalue weighted by molar-refractivity contribution is 6.31. The Morgan fingerprint density at radius 2 is 1.85 bits per heavy atom. The van der Waals surface area contributed by atoms with Crippen molar-refractivity contribution in [1.29, 1.82) is 0 Å². The molecule has 0 aromatic heterocycles. The van der Waals surface area contributed by atoms with Crippen molar-refractivity contribution in [2.24, 2.45) is 10.8 Å². The number of hydrogen-bond donors (Lipinski definition) is 1. The summed E-state index contributed by atoms with van der Waals surface area (Å²) in [5.41, 5.74) is -0.296. The largest absolute Gasteiger partial charge is 0.348 e. The van der Waals surface area contributed by atoms with E-state index in [4.69, 9.17) is 11.6 Å². The molecular weight excluding hydrogens is 280 g/mol. The van der Waals surface area contributed by atoms with Crippen LogP contribution in [0.2, 0.25) is 5.02 Å². The second-order valence-corrected chi connectivity index (χ2v) is 6.70. The molecule has 1 aliphatic rings. The number of carbonyl (C=O) groups excluding carboxylic acids is 1. The maximum absolute atomic E-state index is 12.3. The summed E-state index contributed by atoms with van der Waals surface area (Å²) in [6.45, 7) is 8.24. The van der Waals surface area contributed by atoms with Crippen LogP contribution in [0.5, 0.6) is 0 Å². The second-order valence-electron chi connectivity index (χ2n) is 6.27. The van der Waals surface area contributed by atoms with E-state index in [9.17, 15) is 14.9 Å². The lowest BCUT2D eigenvalue weighted by molar-refractivity contribution is -0.385. The van der Waals surface area contributed by atoms with E-state index in [1.165, 1.54) is 18.2 Å². The lowest BCUT2D eigenvalue weighted by Crippen LogP contribution is -2.30. The molecule has 1 N–H and O–H groups in total. The van der Waals surface area contributed by atoms with Crippen molar-refractivity contribution in [3.05, 3.63) is 38.9 Å². The van der Waals surface area contributed by atoms with Gasteiger partial charge in [0.15, 0.2) is 0 Å². The predicted octanol–water partition coefficient (Wildman–Crippen LogP) is 3.41. The minimum Gasteiger partial charge on any atom is -0.348 e. The van der Waals surface area contributed by atoms with E-state index in [1.54, 1.807) is 0 Å². The quantitative estimate of drug-likeness (QED) is 0.686. The molecule has 108 valence electrons. The normalized spacial score (nSPS) is 19.4. The summed E-state index contributed by atoms with van der Waals surface area (Å²) in [6, 6.07) is 3.97. The molecule has 0 saturated heterocycles. The zero-order valence-corrected chi connectivity index (χ0v) is 12.6. The number of halogens is 1. The molecule has 0 aliphatic heterocycles. The number of hydrogen-bond acceptors (Lipinski definition) is 3. The Kier molecular flexibility index (Phi) is 3.29. The Labute approximate surface area is 122 Å². The summed E-state index contributed by atoms with van der Waals surface area (Å²) in [4.78, 5) is 22.7. The number of benzene rings is 1. The molecule has 2 rings (SSSR count). The van der Waals surface area contributed by atoms with Gasteiger partial charge in [-0.2, -0.15) is 0 Å². The van der Waals surface area contributed by atoms with E-state index in [1.807, 2.05) is 0 Å². The Morgan fingerprint density at radius 3 is 2.30 bits per heavy atom. The molecule has 1 aromatic rings. The summed E-state index contributed by atoms with van der Waals surface area (Å²) >= 11 is 5.83. The average Bonchev–Trinajstić information content (AvgIpc) is 2.71. The minimum atomic E-state index is -0.575. The summed E-state index contributed by atoms with van der Waals surface area (Å²) in [5, 5.41) is 14.1. The molecular formula is C14H17ClN2O3. The van der Waals surface area contributed by atoms with Crippen LogP contribution in [0, 0.1) is 20.9 Å². The molecule has 1 aromatic carbocycles. The van der Waals surface area contributed by atoms with Gasteiger partial charge in [0, 0.05) is 17.1 Å². The van der Waals surface area contributed by atoms with Gasteiger partial charge in [0.25, 0.3) is 11.6 Å². The van der Waals surface area contributed by atoms with Gasteiger partial charge in [-0.05, 0) is 23.0 Å². The van der Waals surface area contributed by atoms with Crippen LogP contribution in [0.25, 0.3) is 0 Å². The van der Waals surface area contributed by atoms with Gasteiger partial charge in [0.2, 0.25) is 0 Å². The molecule has 0 heterocycles. The molecule has 0 atom stereocenters. The van der Waals surface area contributed by atoms with Gasteiger partial charge in [-0.1, -0.05) is 39.3 Å². The number of nitro benzene ring substituents is 1. The first-order chi connectivity index (χ1) is 9.09. The Balaban J connectivity index is 2.27. The third kappa shape index (κ3) is 2.16. The molecule has 0 spiro atoms. The summed E-state index contributed by atoms with van der Waals surface area (Å²) in [7, 11) is 0. The van der Waals surface area contributed by atoms with Crippen molar-refractivity contribution in [3.8, 4) is 0 Å². The second kappa shape index (κ2) is 4.45. The Morgan fingerprint density at radius 1 is 1.30 bits per heavy atom. The van der Waals surface area contributed by atoms with Crippen LogP contribution in [-0.2, 0) is 0 Å². The Bertz CT molecular complexity index is 582. The Hall–Kier alpha value is -1.62. The van der Waals surface area contributed by atoms with Gasteiger partial charge in [-0.3, -0.25) is 14.9 Å². The molecule has 6 heteroatoms. The van der Waals surface area contributed by atoms with Gasteiger partial charge in [-0.25, -0.2) is 0 Å². The number of carbonyl (C=O) groups is 1. The number of nitrogens with one attached hydrogen (secondary N) is 1. The van der Waals surface area contributed by atoms with E-state index in [-0.39, 0.29) is 28.1 Å². The van der Waals surface area contributed by atoms with E-state index in [2.05, 4.69) is 33.0 Å². The molecule has 20 heavy (non-hydrogen) atoms. The van der Waals surface area contributed by atoms with Gasteiger partial charge in [0.05, 0.1) is 4.92 Å². The smallest absolute Gasteiger partial charge is 0.282 e. The topological polar surface area (TPSA) is 72.2 Å². The highest BCUT2D eigenvalue weighted by Gasteiger charge is 2.65. The van der Waals surface area contributed by atoms with E-state index < -0.39 is 10.8 Å². The SMILES string of the molecule is CC1(C)C(NC(=O)c2cc(Cl)ccc2[N+](=O)[O-])C1(C)C. The average molecular weight is 297 g/mol. The zero-order valence-electron chi connectivity index (χ0n) is 11.9. The number of rotatable bonds is 3. The van der Waals surface area contributed by atoms with Crippen LogP contribution >= 0.6 is 11.6 Å². The van der Waals surface area contributed by atoms with Crippen molar-refractivity contribution in [3.63, 3.8) is 0 Å². The van der Waals surface area contributed by atoms with Crippen LogP contribution in [-0.4, -0.2) is 16.9 Å². The van der Waals surface area contributed by atoms with Crippen molar-refractivity contribution >= 4 is 23.2 Å². The van der Waals surface area contributed by atoms with Crippen LogP contribution in [0.4, 0.5) is 5.69 Å². The van der Waals surface area contributed by atoms with Crippen LogP contribution < -0.4 is 5.32 Å². The van der Waals surface area contributed by atoms with Gasteiger partial charge in [0.1, 0.15) is 5.56 Å². The monoisotopic (exact) mass is 296 g/mol. The maximum atomic E-state index is 12.3. The lowest BCUT2D eigenvalue weighted by Gasteiger charge is -2.07. The molecule has 1 fully saturated rings. The highest BCUT2D eigenvalue weighted by Crippen LogP contribution is 2.62. The van der Waals surface area contributed by atoms with Crippen molar-refractivity contribution in [2.75, 3.05) is 0 Å². The van der Waals surface area contributed by atoms with Gasteiger partial charge < -0.3 is 5.32 Å². The summed E-state index contributed by atoms with van der Waals surface area (Å²) < 4.78 is 0. The van der Waals surface area contributed by atoms with Crippen molar-refractivity contribution in [2.45, 2.75) is 33.7 Å². The summed E-state index contributed by atoms with van der Waals surface area (Å²) in [6.07, 6.45) is 0. The van der Waals surface area contributed by atoms with E-state index in [0.717, 1.165) is 0 Å². The molecule has 1 aliphatic carbocycles. The fourth-order valence-corrected chi connectivity index (χ4v) is 2.79. The van der Waals surface area contributed by atoms with Crippen LogP contribution in [0.3, 0.4) is 0 Å². The zero-order chi connectivity index (χ0) is 15.3. The molecule has 1 saturated carbocycles. The standard InChI is InChI=1S/C14H17ClN2O3/c1-13(2)12(14(13,3)4)16-11(18)9-7-8(15)5-6-10(9)17(19)20/h5-7,12H,1-4H3,(H,16,18). The molecule has 1 amide bonds. The first-order valence-corrected chi connectivity index (χ1v) is 6.71. The number of amides is 1. The molecule has 0 unspecified atom stereocenters. The third-order valence-corrected chi connectivity index (χ3v) is 4.93. The maximum Gasteiger partial charge on any atom is 0.282 e. The predicted molar refractivity (Wildman–Crippen MR) is 76.9 cm³/mol. The highest BCUT2D eigenvalue weighted by atomic mass is 35.5. The van der Waals surface area contributed by atoms with Crippen LogP contribution in [0.15, 0.2) is 18.2 Å². The van der Waals surface area contributed by atoms with Crippen LogP contribution in [0.1, 0.15) is 38.1 Å². The van der Waals surface area contributed by atoms with Gasteiger partial charge in [-0.15, -0.1) is 0 Å². The fraction of sp³-hybridized carbons (Fsp3) is 0.500. The summed E-state index contributed by atoms with van der Waals surface area (Å²) in [5.74, 6) is -0.456. The van der Waals surface area contributed by atoms with Gasteiger partial charge >= 0.3 is 0 Å².